The van der Waals surface area contributed by atoms with Gasteiger partial charge in [0.1, 0.15) is 0 Å². The lowest BCUT2D eigenvalue weighted by Gasteiger charge is -2.35. The summed E-state index contributed by atoms with van der Waals surface area (Å²) < 4.78 is 0. The van der Waals surface area contributed by atoms with Crippen molar-refractivity contribution in [3.05, 3.63) is 0 Å². The van der Waals surface area contributed by atoms with Crippen LogP contribution in [0.25, 0.3) is 0 Å². The number of nitrogens with zero attached hydrogens (tertiary/aromatic N) is 1. The minimum atomic E-state index is -0.825. The molecule has 1 aliphatic carbocycles. The first kappa shape index (κ1) is 18.7. The highest BCUT2D eigenvalue weighted by Crippen LogP contribution is 2.26. The normalized spacial score (nSPS) is 22.2. The van der Waals surface area contributed by atoms with Crippen LogP contribution < -0.4 is 5.32 Å². The van der Waals surface area contributed by atoms with Crippen LogP contribution in [0.15, 0.2) is 0 Å². The lowest BCUT2D eigenvalue weighted by Crippen LogP contribution is -2.48. The third kappa shape index (κ3) is 6.13. The van der Waals surface area contributed by atoms with Gasteiger partial charge in [0.15, 0.2) is 0 Å². The highest BCUT2D eigenvalue weighted by molar-refractivity contribution is 5.85. The van der Waals surface area contributed by atoms with Crippen LogP contribution in [0.1, 0.15) is 70.6 Å². The maximum Gasteiger partial charge on any atom is 0.303 e. The van der Waals surface area contributed by atoms with E-state index in [0.717, 1.165) is 32.1 Å². The molecular weight excluding hydrogens is 308 g/mol. The molecule has 1 aliphatic heterocycles. The molecule has 2 amide bonds. The van der Waals surface area contributed by atoms with Crippen molar-refractivity contribution >= 4 is 17.8 Å². The maximum atomic E-state index is 12.4. The van der Waals surface area contributed by atoms with E-state index in [0.29, 0.717) is 25.3 Å². The van der Waals surface area contributed by atoms with E-state index in [9.17, 15) is 14.4 Å². The van der Waals surface area contributed by atoms with Gasteiger partial charge in [0, 0.05) is 25.4 Å². The van der Waals surface area contributed by atoms with Crippen LogP contribution in [0.5, 0.6) is 0 Å². The lowest BCUT2D eigenvalue weighted by molar-refractivity contribution is -0.140. The maximum absolute atomic E-state index is 12.4. The van der Waals surface area contributed by atoms with Crippen LogP contribution in [-0.4, -0.2) is 46.9 Å². The van der Waals surface area contributed by atoms with Gasteiger partial charge in [-0.05, 0) is 44.4 Å². The van der Waals surface area contributed by atoms with Gasteiger partial charge in [-0.3, -0.25) is 14.4 Å². The van der Waals surface area contributed by atoms with Crippen LogP contribution in [0.2, 0.25) is 0 Å². The molecule has 1 saturated carbocycles. The summed E-state index contributed by atoms with van der Waals surface area (Å²) in [5.41, 5.74) is 0. The van der Waals surface area contributed by atoms with E-state index >= 15 is 0 Å². The zero-order valence-corrected chi connectivity index (χ0v) is 14.5. The van der Waals surface area contributed by atoms with Gasteiger partial charge in [-0.2, -0.15) is 0 Å². The van der Waals surface area contributed by atoms with Gasteiger partial charge in [0.25, 0.3) is 0 Å². The van der Waals surface area contributed by atoms with Gasteiger partial charge < -0.3 is 15.3 Å². The van der Waals surface area contributed by atoms with E-state index in [4.69, 9.17) is 5.11 Å². The van der Waals surface area contributed by atoms with Gasteiger partial charge in [-0.25, -0.2) is 0 Å². The Morgan fingerprint density at radius 2 is 1.71 bits per heavy atom. The number of carboxylic acid groups (broad SMARTS) is 1. The van der Waals surface area contributed by atoms with Gasteiger partial charge in [-0.1, -0.05) is 19.3 Å². The molecule has 6 heteroatoms. The third-order valence-corrected chi connectivity index (χ3v) is 5.27. The van der Waals surface area contributed by atoms with Gasteiger partial charge >= 0.3 is 5.97 Å². The van der Waals surface area contributed by atoms with Crippen molar-refractivity contribution < 1.29 is 19.5 Å². The molecule has 0 spiro atoms. The SMILES string of the molecule is O=C(O)CCC1CCCCN1C(=O)CNC(=O)CC1CCCCC1. The van der Waals surface area contributed by atoms with E-state index in [1.54, 1.807) is 4.90 Å². The van der Waals surface area contributed by atoms with E-state index in [1.807, 2.05) is 0 Å². The molecule has 0 aromatic heterocycles. The van der Waals surface area contributed by atoms with Crippen LogP contribution in [0, 0.1) is 5.92 Å². The second-order valence-electron chi connectivity index (χ2n) is 7.15. The minimum absolute atomic E-state index is 0.00223. The van der Waals surface area contributed by atoms with Crippen LogP contribution in [0.3, 0.4) is 0 Å². The highest BCUT2D eigenvalue weighted by Gasteiger charge is 2.27. The van der Waals surface area contributed by atoms with E-state index in [-0.39, 0.29) is 30.8 Å². The molecule has 1 saturated heterocycles. The summed E-state index contributed by atoms with van der Waals surface area (Å²) in [6.07, 6.45) is 9.85. The number of hydrogen-bond donors (Lipinski definition) is 2. The Morgan fingerprint density at radius 1 is 1.00 bits per heavy atom. The Kier molecular flexibility index (Phi) is 7.53. The number of amides is 2. The molecule has 0 aromatic carbocycles. The molecule has 0 bridgehead atoms. The molecule has 2 rings (SSSR count). The quantitative estimate of drug-likeness (QED) is 0.746. The molecule has 2 aliphatic rings. The average Bonchev–Trinajstić information content (AvgIpc) is 2.59. The second kappa shape index (κ2) is 9.64. The summed E-state index contributed by atoms with van der Waals surface area (Å²) in [5.74, 6) is -0.475. The van der Waals surface area contributed by atoms with E-state index in [2.05, 4.69) is 5.32 Å². The number of aliphatic carboxylic acids is 1. The molecule has 2 fully saturated rings. The zero-order valence-electron chi connectivity index (χ0n) is 14.5. The first-order valence-electron chi connectivity index (χ1n) is 9.34. The molecule has 6 nitrogen and oxygen atoms in total. The van der Waals surface area contributed by atoms with E-state index in [1.165, 1.54) is 19.3 Å². The summed E-state index contributed by atoms with van der Waals surface area (Å²) >= 11 is 0. The summed E-state index contributed by atoms with van der Waals surface area (Å²) in [5, 5.41) is 11.6. The number of carbonyl (C=O) groups excluding carboxylic acids is 2. The van der Waals surface area contributed by atoms with Crippen molar-refractivity contribution in [2.75, 3.05) is 13.1 Å². The molecule has 0 radical (unpaired) electrons. The molecule has 1 heterocycles. The Labute approximate surface area is 144 Å². The fraction of sp³-hybridized carbons (Fsp3) is 0.833. The Balaban J connectivity index is 1.74. The second-order valence-corrected chi connectivity index (χ2v) is 7.15. The average molecular weight is 338 g/mol. The third-order valence-electron chi connectivity index (χ3n) is 5.27. The molecule has 136 valence electrons. The minimum Gasteiger partial charge on any atom is -0.481 e. The van der Waals surface area contributed by atoms with Crippen molar-refractivity contribution in [3.63, 3.8) is 0 Å². The summed E-state index contributed by atoms with van der Waals surface area (Å²) in [6.45, 7) is 0.705. The molecule has 0 aromatic rings. The number of nitrogens with one attached hydrogen (secondary N) is 1. The van der Waals surface area contributed by atoms with Gasteiger partial charge in [0.2, 0.25) is 11.8 Å². The Morgan fingerprint density at radius 3 is 2.42 bits per heavy atom. The Hall–Kier alpha value is -1.59. The predicted octanol–water partition coefficient (Wildman–Crippen LogP) is 2.32. The standard InChI is InChI=1S/C18H30N2O4/c21-16(12-14-6-2-1-3-7-14)19-13-17(22)20-11-5-4-8-15(20)9-10-18(23)24/h14-15H,1-13H2,(H,19,21)(H,23,24). The number of carboxylic acids is 1. The fourth-order valence-corrected chi connectivity index (χ4v) is 3.92. The lowest BCUT2D eigenvalue weighted by atomic mass is 9.87. The number of likely N-dealkylation sites (tertiary alicyclic amines) is 1. The molecule has 2 N–H and O–H groups in total. The van der Waals surface area contributed by atoms with Crippen molar-refractivity contribution in [3.8, 4) is 0 Å². The summed E-state index contributed by atoms with van der Waals surface area (Å²) in [6, 6.07) is -0.00223. The molecule has 1 atom stereocenters. The van der Waals surface area contributed by atoms with Crippen LogP contribution >= 0.6 is 0 Å². The molecular formula is C18H30N2O4. The van der Waals surface area contributed by atoms with Crippen molar-refractivity contribution in [2.45, 2.75) is 76.7 Å². The monoisotopic (exact) mass is 338 g/mol. The van der Waals surface area contributed by atoms with Crippen molar-refractivity contribution in [1.29, 1.82) is 0 Å². The summed E-state index contributed by atoms with van der Waals surface area (Å²) in [7, 11) is 0. The topological polar surface area (TPSA) is 86.7 Å². The van der Waals surface area contributed by atoms with Gasteiger partial charge in [0.05, 0.1) is 6.54 Å². The first-order valence-corrected chi connectivity index (χ1v) is 9.34. The van der Waals surface area contributed by atoms with Crippen LogP contribution in [-0.2, 0) is 14.4 Å². The Bertz CT molecular complexity index is 446. The number of piperidine rings is 1. The highest BCUT2D eigenvalue weighted by atomic mass is 16.4. The molecule has 24 heavy (non-hydrogen) atoms. The number of hydrogen-bond acceptors (Lipinski definition) is 3. The largest absolute Gasteiger partial charge is 0.481 e. The van der Waals surface area contributed by atoms with Crippen molar-refractivity contribution in [1.82, 2.24) is 10.2 Å². The zero-order chi connectivity index (χ0) is 17.4. The number of carbonyl (C=O) groups is 3. The molecule has 1 unspecified atom stereocenters. The fourth-order valence-electron chi connectivity index (χ4n) is 3.92. The first-order chi connectivity index (χ1) is 11.6. The number of rotatable bonds is 7. The van der Waals surface area contributed by atoms with Crippen molar-refractivity contribution in [2.24, 2.45) is 5.92 Å². The van der Waals surface area contributed by atoms with E-state index < -0.39 is 5.97 Å². The summed E-state index contributed by atoms with van der Waals surface area (Å²) in [4.78, 5) is 37.0. The predicted molar refractivity (Wildman–Crippen MR) is 90.4 cm³/mol. The van der Waals surface area contributed by atoms with Crippen LogP contribution in [0.4, 0.5) is 0 Å². The smallest absolute Gasteiger partial charge is 0.303 e. The van der Waals surface area contributed by atoms with Gasteiger partial charge in [-0.15, -0.1) is 0 Å².